The first-order valence-electron chi connectivity index (χ1n) is 13.1. The first-order valence-corrected chi connectivity index (χ1v) is 13.4. The van der Waals surface area contributed by atoms with Gasteiger partial charge in [-0.25, -0.2) is 0 Å². The molecule has 8 rings (SSSR count). The average Bonchev–Trinajstić information content (AvgIpc) is 3.44. The summed E-state index contributed by atoms with van der Waals surface area (Å²) in [6.45, 7) is 0. The van der Waals surface area contributed by atoms with Gasteiger partial charge in [0.2, 0.25) is 0 Å². The molecule has 38 heavy (non-hydrogen) atoms. The van der Waals surface area contributed by atoms with E-state index in [-0.39, 0.29) is 5.41 Å². The maximum atomic E-state index is 6.23. The summed E-state index contributed by atoms with van der Waals surface area (Å²) in [6, 6.07) is 50.8. The Bertz CT molecular complexity index is 1820. The minimum absolute atomic E-state index is 0.370. The van der Waals surface area contributed by atoms with Gasteiger partial charge in [0, 0.05) is 5.02 Å². The van der Waals surface area contributed by atoms with Crippen molar-refractivity contribution in [3.05, 3.63) is 167 Å². The minimum atomic E-state index is -0.370. The van der Waals surface area contributed by atoms with Gasteiger partial charge < -0.3 is 0 Å². The maximum absolute atomic E-state index is 6.23. The molecule has 6 aromatic rings. The second kappa shape index (κ2) is 8.05. The summed E-state index contributed by atoms with van der Waals surface area (Å²) in [5, 5.41) is 0.755. The topological polar surface area (TPSA) is 0 Å². The number of hydrogen-bond donors (Lipinski definition) is 0. The zero-order chi connectivity index (χ0) is 25.3. The lowest BCUT2D eigenvalue weighted by Gasteiger charge is -2.31. The van der Waals surface area contributed by atoms with Crippen molar-refractivity contribution >= 4 is 11.6 Å². The van der Waals surface area contributed by atoms with Gasteiger partial charge in [0.15, 0.2) is 0 Å². The van der Waals surface area contributed by atoms with Gasteiger partial charge in [-0.2, -0.15) is 0 Å². The highest BCUT2D eigenvalue weighted by Gasteiger charge is 2.51. The monoisotopic (exact) mass is 502 g/mol. The quantitative estimate of drug-likeness (QED) is 0.220. The number of halogens is 1. The minimum Gasteiger partial charge on any atom is -0.0843 e. The molecular formula is C37H23Cl. The molecule has 0 saturated carbocycles. The summed E-state index contributed by atoms with van der Waals surface area (Å²) in [7, 11) is 0. The first-order chi connectivity index (χ1) is 18.7. The predicted octanol–water partition coefficient (Wildman–Crippen LogP) is 10.0. The second-order valence-corrected chi connectivity index (χ2v) is 10.7. The van der Waals surface area contributed by atoms with Crippen molar-refractivity contribution in [2.24, 2.45) is 0 Å². The van der Waals surface area contributed by atoms with Gasteiger partial charge in [0.25, 0.3) is 0 Å². The Hall–Kier alpha value is -4.39. The summed E-state index contributed by atoms with van der Waals surface area (Å²) >= 11 is 6.23. The summed E-state index contributed by atoms with van der Waals surface area (Å²) in [5.41, 5.74) is 15.2. The lowest BCUT2D eigenvalue weighted by Crippen LogP contribution is -2.26. The Morgan fingerprint density at radius 3 is 1.32 bits per heavy atom. The zero-order valence-corrected chi connectivity index (χ0v) is 21.4. The average molecular weight is 503 g/mol. The van der Waals surface area contributed by atoms with Crippen LogP contribution >= 0.6 is 11.6 Å². The van der Waals surface area contributed by atoms with Crippen molar-refractivity contribution in [1.29, 1.82) is 0 Å². The fourth-order valence-corrected chi connectivity index (χ4v) is 6.90. The van der Waals surface area contributed by atoms with Crippen LogP contribution in [0.3, 0.4) is 0 Å². The molecule has 0 aliphatic heterocycles. The summed E-state index contributed by atoms with van der Waals surface area (Å²) in [5.74, 6) is 0. The Morgan fingerprint density at radius 1 is 0.342 bits per heavy atom. The summed E-state index contributed by atoms with van der Waals surface area (Å²) in [6.07, 6.45) is 0. The van der Waals surface area contributed by atoms with Crippen molar-refractivity contribution in [1.82, 2.24) is 0 Å². The normalized spacial score (nSPS) is 13.6. The van der Waals surface area contributed by atoms with E-state index in [0.717, 1.165) is 5.02 Å². The Kier molecular flexibility index (Phi) is 4.59. The lowest BCUT2D eigenvalue weighted by molar-refractivity contribution is 0.794. The number of fused-ring (bicyclic) bond motifs is 10. The molecule has 2 aliphatic carbocycles. The molecule has 0 amide bonds. The van der Waals surface area contributed by atoms with E-state index in [1.807, 2.05) is 12.1 Å². The molecule has 0 radical (unpaired) electrons. The Balaban J connectivity index is 1.48. The van der Waals surface area contributed by atoms with Crippen LogP contribution < -0.4 is 0 Å². The van der Waals surface area contributed by atoms with E-state index in [4.69, 9.17) is 11.6 Å². The largest absolute Gasteiger partial charge is 0.0843 e. The van der Waals surface area contributed by atoms with Gasteiger partial charge in [0.05, 0.1) is 5.41 Å². The molecule has 0 bridgehead atoms. The second-order valence-electron chi connectivity index (χ2n) is 10.2. The molecule has 0 nitrogen and oxygen atoms in total. The fraction of sp³-hybridized carbons (Fsp3) is 0.0270. The van der Waals surface area contributed by atoms with Crippen molar-refractivity contribution in [2.75, 3.05) is 0 Å². The molecule has 0 saturated heterocycles. The highest BCUT2D eigenvalue weighted by atomic mass is 35.5. The van der Waals surface area contributed by atoms with Crippen LogP contribution in [0.1, 0.15) is 22.3 Å². The van der Waals surface area contributed by atoms with Gasteiger partial charge in [-0.3, -0.25) is 0 Å². The van der Waals surface area contributed by atoms with Crippen LogP contribution in [0, 0.1) is 0 Å². The van der Waals surface area contributed by atoms with E-state index in [1.165, 1.54) is 66.8 Å². The number of rotatable bonds is 2. The van der Waals surface area contributed by atoms with Crippen LogP contribution in [-0.4, -0.2) is 0 Å². The molecule has 0 atom stereocenters. The zero-order valence-electron chi connectivity index (χ0n) is 20.7. The smallest absolute Gasteiger partial charge is 0.0725 e. The standard InChI is InChI=1S/C37H23Cl/c38-28-18-14-25(15-19-28)27-17-21-32-31-20-16-26(24-8-2-1-3-9-24)22-35(31)37(36(32)23-27)33-12-6-4-10-29(33)30-11-5-7-13-34(30)37/h1-23H. The van der Waals surface area contributed by atoms with Crippen molar-refractivity contribution in [3.63, 3.8) is 0 Å². The SMILES string of the molecule is Clc1ccc(-c2ccc3c(c2)C2(c4ccccc4-c4ccccc42)c2cc(-c4ccccc4)ccc2-3)cc1. The van der Waals surface area contributed by atoms with E-state index in [1.54, 1.807) is 0 Å². The number of hydrogen-bond acceptors (Lipinski definition) is 0. The third-order valence-corrected chi connectivity index (χ3v) is 8.63. The fourth-order valence-electron chi connectivity index (χ4n) is 6.77. The van der Waals surface area contributed by atoms with Crippen LogP contribution in [0.4, 0.5) is 0 Å². The van der Waals surface area contributed by atoms with Crippen molar-refractivity contribution in [3.8, 4) is 44.5 Å². The van der Waals surface area contributed by atoms with E-state index in [0.29, 0.717) is 0 Å². The van der Waals surface area contributed by atoms with Crippen LogP contribution in [0.25, 0.3) is 44.5 Å². The van der Waals surface area contributed by atoms with E-state index in [9.17, 15) is 0 Å². The molecule has 0 N–H and O–H groups in total. The van der Waals surface area contributed by atoms with Crippen molar-refractivity contribution in [2.45, 2.75) is 5.41 Å². The molecule has 178 valence electrons. The maximum Gasteiger partial charge on any atom is 0.0725 e. The molecule has 2 aliphatic rings. The van der Waals surface area contributed by atoms with Crippen LogP contribution in [0.15, 0.2) is 140 Å². The van der Waals surface area contributed by atoms with Gasteiger partial charge in [-0.05, 0) is 91.0 Å². The van der Waals surface area contributed by atoms with Crippen LogP contribution in [-0.2, 0) is 5.41 Å². The Morgan fingerprint density at radius 2 is 0.763 bits per heavy atom. The van der Waals surface area contributed by atoms with Gasteiger partial charge in [-0.1, -0.05) is 127 Å². The first kappa shape index (κ1) is 21.7. The van der Waals surface area contributed by atoms with Crippen LogP contribution in [0.2, 0.25) is 5.02 Å². The Labute approximate surface area is 227 Å². The molecule has 0 heterocycles. The summed E-state index contributed by atoms with van der Waals surface area (Å²) < 4.78 is 0. The van der Waals surface area contributed by atoms with Gasteiger partial charge in [0.1, 0.15) is 0 Å². The molecule has 0 unspecified atom stereocenters. The van der Waals surface area contributed by atoms with Gasteiger partial charge >= 0.3 is 0 Å². The number of benzene rings is 6. The predicted molar refractivity (Wildman–Crippen MR) is 159 cm³/mol. The molecule has 0 aromatic heterocycles. The molecule has 1 heteroatoms. The highest BCUT2D eigenvalue weighted by molar-refractivity contribution is 6.30. The molecule has 1 spiro atoms. The lowest BCUT2D eigenvalue weighted by atomic mass is 9.70. The van der Waals surface area contributed by atoms with E-state index in [2.05, 4.69) is 127 Å². The third kappa shape index (κ3) is 2.87. The molecule has 0 fully saturated rings. The third-order valence-electron chi connectivity index (χ3n) is 8.37. The molecular weight excluding hydrogens is 480 g/mol. The van der Waals surface area contributed by atoms with Crippen molar-refractivity contribution < 1.29 is 0 Å². The highest BCUT2D eigenvalue weighted by Crippen LogP contribution is 2.63. The molecule has 6 aromatic carbocycles. The summed E-state index contributed by atoms with van der Waals surface area (Å²) in [4.78, 5) is 0. The van der Waals surface area contributed by atoms with Gasteiger partial charge in [-0.15, -0.1) is 0 Å². The van der Waals surface area contributed by atoms with Crippen LogP contribution in [0.5, 0.6) is 0 Å². The van der Waals surface area contributed by atoms with E-state index >= 15 is 0 Å². The van der Waals surface area contributed by atoms with E-state index < -0.39 is 0 Å².